The van der Waals surface area contributed by atoms with Gasteiger partial charge in [-0.25, -0.2) is 4.98 Å². The zero-order valence-corrected chi connectivity index (χ0v) is 11.0. The van der Waals surface area contributed by atoms with Gasteiger partial charge in [-0.2, -0.15) is 0 Å². The lowest BCUT2D eigenvalue weighted by Crippen LogP contribution is -1.86. The lowest BCUT2D eigenvalue weighted by Gasteiger charge is -2.02. The predicted octanol–water partition coefficient (Wildman–Crippen LogP) is 4.08. The molecule has 1 heterocycles. The van der Waals surface area contributed by atoms with Crippen LogP contribution in [0.5, 0.6) is 0 Å². The van der Waals surface area contributed by atoms with Gasteiger partial charge in [0.1, 0.15) is 0 Å². The first kappa shape index (κ1) is 11.7. The van der Waals surface area contributed by atoms with E-state index in [0.717, 1.165) is 17.1 Å². The molecule has 2 rings (SSSR count). The second-order valence-electron chi connectivity index (χ2n) is 3.29. The van der Waals surface area contributed by atoms with Gasteiger partial charge in [-0.15, -0.1) is 11.3 Å². The van der Waals surface area contributed by atoms with Crippen molar-refractivity contribution in [1.82, 2.24) is 4.98 Å². The Labute approximate surface area is 108 Å². The average molecular weight is 273 g/mol. The minimum atomic E-state index is 0.661. The highest BCUT2D eigenvalue weighted by atomic mass is 35.5. The van der Waals surface area contributed by atoms with Crippen LogP contribution in [0.4, 0.5) is 5.13 Å². The lowest BCUT2D eigenvalue weighted by atomic mass is 10.1. The molecular formula is C11H10Cl2N2S. The summed E-state index contributed by atoms with van der Waals surface area (Å²) < 4.78 is 0. The van der Waals surface area contributed by atoms with Crippen molar-refractivity contribution in [3.8, 4) is 0 Å². The Morgan fingerprint density at radius 1 is 1.38 bits per heavy atom. The van der Waals surface area contributed by atoms with E-state index in [0.29, 0.717) is 10.0 Å². The fraction of sp³-hybridized carbons (Fsp3) is 0.182. The van der Waals surface area contributed by atoms with Gasteiger partial charge in [-0.3, -0.25) is 0 Å². The summed E-state index contributed by atoms with van der Waals surface area (Å²) in [5.74, 6) is 0. The number of nitrogens with zero attached hydrogens (tertiary/aromatic N) is 1. The number of rotatable bonds is 3. The smallest absolute Gasteiger partial charge is 0.182 e. The Morgan fingerprint density at radius 2 is 2.19 bits per heavy atom. The van der Waals surface area contributed by atoms with Crippen molar-refractivity contribution in [2.75, 3.05) is 12.4 Å². The van der Waals surface area contributed by atoms with Crippen LogP contribution < -0.4 is 5.32 Å². The normalized spacial score (nSPS) is 10.4. The second kappa shape index (κ2) is 5.04. The minimum absolute atomic E-state index is 0.661. The van der Waals surface area contributed by atoms with Crippen LogP contribution in [-0.2, 0) is 6.42 Å². The van der Waals surface area contributed by atoms with Gasteiger partial charge in [0, 0.05) is 34.6 Å². The number of nitrogens with one attached hydrogen (secondary N) is 1. The molecule has 5 heteroatoms. The zero-order valence-electron chi connectivity index (χ0n) is 8.63. The molecular weight excluding hydrogens is 263 g/mol. The van der Waals surface area contributed by atoms with E-state index in [1.807, 2.05) is 25.4 Å². The van der Waals surface area contributed by atoms with Crippen LogP contribution in [0.15, 0.2) is 24.4 Å². The Bertz CT molecular complexity index is 496. The fourth-order valence-corrected chi connectivity index (χ4v) is 2.62. The fourth-order valence-electron chi connectivity index (χ4n) is 1.36. The molecule has 1 N–H and O–H groups in total. The molecule has 0 saturated carbocycles. The number of anilines is 1. The number of thiazole rings is 1. The Hall–Kier alpha value is -0.770. The summed E-state index contributed by atoms with van der Waals surface area (Å²) in [6.07, 6.45) is 2.65. The topological polar surface area (TPSA) is 24.9 Å². The van der Waals surface area contributed by atoms with Crippen LogP contribution in [0.25, 0.3) is 0 Å². The van der Waals surface area contributed by atoms with Crippen LogP contribution in [0.1, 0.15) is 10.4 Å². The standard InChI is InChI=1S/C11H10Cl2N2S/c1-14-11-15-6-9(16-11)4-7-2-3-8(12)5-10(7)13/h2-3,5-6H,4H2,1H3,(H,14,15). The molecule has 2 nitrogen and oxygen atoms in total. The average Bonchev–Trinajstić information content (AvgIpc) is 2.70. The molecule has 0 aliphatic rings. The molecule has 2 aromatic rings. The lowest BCUT2D eigenvalue weighted by molar-refractivity contribution is 1.22. The molecule has 84 valence electrons. The molecule has 0 unspecified atom stereocenters. The molecule has 1 aromatic carbocycles. The van der Waals surface area contributed by atoms with Gasteiger partial charge in [0.2, 0.25) is 0 Å². The number of benzene rings is 1. The number of halogens is 2. The Balaban J connectivity index is 2.20. The van der Waals surface area contributed by atoms with Gasteiger partial charge in [0.05, 0.1) is 0 Å². The van der Waals surface area contributed by atoms with Crippen LogP contribution in [0.3, 0.4) is 0 Å². The third kappa shape index (κ3) is 2.67. The highest BCUT2D eigenvalue weighted by Gasteiger charge is 2.05. The van der Waals surface area contributed by atoms with E-state index in [1.165, 1.54) is 4.88 Å². The summed E-state index contributed by atoms with van der Waals surface area (Å²) in [6, 6.07) is 5.56. The largest absolute Gasteiger partial charge is 0.365 e. The van der Waals surface area contributed by atoms with Gasteiger partial charge >= 0.3 is 0 Å². The van der Waals surface area contributed by atoms with Crippen molar-refractivity contribution < 1.29 is 0 Å². The zero-order chi connectivity index (χ0) is 11.5. The third-order valence-corrected chi connectivity index (χ3v) is 3.75. The molecule has 0 aliphatic carbocycles. The molecule has 0 fully saturated rings. The Morgan fingerprint density at radius 3 is 2.81 bits per heavy atom. The molecule has 1 aromatic heterocycles. The van der Waals surface area contributed by atoms with E-state index in [4.69, 9.17) is 23.2 Å². The van der Waals surface area contributed by atoms with E-state index < -0.39 is 0 Å². The summed E-state index contributed by atoms with van der Waals surface area (Å²) in [4.78, 5) is 5.39. The SMILES string of the molecule is CNc1ncc(Cc2ccc(Cl)cc2Cl)s1. The summed E-state index contributed by atoms with van der Waals surface area (Å²) in [5.41, 5.74) is 1.07. The van der Waals surface area contributed by atoms with Gasteiger partial charge in [0.25, 0.3) is 0 Å². The molecule has 0 spiro atoms. The molecule has 0 aliphatic heterocycles. The van der Waals surface area contributed by atoms with Crippen LogP contribution in [0.2, 0.25) is 10.0 Å². The molecule has 0 radical (unpaired) electrons. The molecule has 0 atom stereocenters. The maximum atomic E-state index is 6.10. The van der Waals surface area contributed by atoms with Crippen LogP contribution in [-0.4, -0.2) is 12.0 Å². The van der Waals surface area contributed by atoms with E-state index in [2.05, 4.69) is 10.3 Å². The van der Waals surface area contributed by atoms with Crippen molar-refractivity contribution >= 4 is 39.7 Å². The van der Waals surface area contributed by atoms with Gasteiger partial charge in [-0.1, -0.05) is 29.3 Å². The first-order valence-electron chi connectivity index (χ1n) is 4.75. The van der Waals surface area contributed by atoms with Crippen LogP contribution in [0, 0.1) is 0 Å². The summed E-state index contributed by atoms with van der Waals surface area (Å²) in [5, 5.41) is 5.29. The van der Waals surface area contributed by atoms with Crippen molar-refractivity contribution in [3.05, 3.63) is 44.9 Å². The minimum Gasteiger partial charge on any atom is -0.365 e. The molecule has 16 heavy (non-hydrogen) atoms. The van der Waals surface area contributed by atoms with Crippen molar-refractivity contribution in [3.63, 3.8) is 0 Å². The quantitative estimate of drug-likeness (QED) is 0.911. The van der Waals surface area contributed by atoms with E-state index >= 15 is 0 Å². The molecule has 0 saturated heterocycles. The van der Waals surface area contributed by atoms with Gasteiger partial charge in [0.15, 0.2) is 5.13 Å². The van der Waals surface area contributed by atoms with Gasteiger partial charge < -0.3 is 5.32 Å². The van der Waals surface area contributed by atoms with E-state index in [9.17, 15) is 0 Å². The first-order valence-corrected chi connectivity index (χ1v) is 6.32. The molecule has 0 amide bonds. The van der Waals surface area contributed by atoms with Gasteiger partial charge in [-0.05, 0) is 17.7 Å². The number of hydrogen-bond acceptors (Lipinski definition) is 3. The summed E-state index contributed by atoms with van der Waals surface area (Å²) >= 11 is 13.6. The summed E-state index contributed by atoms with van der Waals surface area (Å²) in [6.45, 7) is 0. The first-order chi connectivity index (χ1) is 7.69. The van der Waals surface area contributed by atoms with E-state index in [-0.39, 0.29) is 0 Å². The molecule has 0 bridgehead atoms. The second-order valence-corrected chi connectivity index (χ2v) is 5.25. The van der Waals surface area contributed by atoms with Crippen molar-refractivity contribution in [2.24, 2.45) is 0 Å². The van der Waals surface area contributed by atoms with Crippen molar-refractivity contribution in [2.45, 2.75) is 6.42 Å². The highest BCUT2D eigenvalue weighted by molar-refractivity contribution is 7.15. The van der Waals surface area contributed by atoms with Crippen LogP contribution >= 0.6 is 34.5 Å². The monoisotopic (exact) mass is 272 g/mol. The number of aromatic nitrogens is 1. The summed E-state index contributed by atoms with van der Waals surface area (Å²) in [7, 11) is 1.86. The maximum absolute atomic E-state index is 6.10. The maximum Gasteiger partial charge on any atom is 0.182 e. The highest BCUT2D eigenvalue weighted by Crippen LogP contribution is 2.26. The van der Waals surface area contributed by atoms with E-state index in [1.54, 1.807) is 17.4 Å². The van der Waals surface area contributed by atoms with Crippen molar-refractivity contribution in [1.29, 1.82) is 0 Å². The number of hydrogen-bond donors (Lipinski definition) is 1. The predicted molar refractivity (Wildman–Crippen MR) is 70.9 cm³/mol. The Kier molecular flexibility index (Phi) is 3.69. The third-order valence-electron chi connectivity index (χ3n) is 2.15.